The van der Waals surface area contributed by atoms with Crippen LogP contribution in [0, 0.1) is 16.7 Å². The summed E-state index contributed by atoms with van der Waals surface area (Å²) in [7, 11) is 0. The highest BCUT2D eigenvalue weighted by Crippen LogP contribution is 2.62. The fourth-order valence-corrected chi connectivity index (χ4v) is 5.21. The Hall–Kier alpha value is -2.53. The number of phenolic OH excluding ortho intramolecular Hbond substituents is 1. The minimum atomic E-state index is -0.178. The number of benzene rings is 2. The Morgan fingerprint density at radius 1 is 1.21 bits per heavy atom. The molecule has 2 atom stereocenters. The van der Waals surface area contributed by atoms with Gasteiger partial charge < -0.3 is 19.8 Å². The number of amides is 1. The third kappa shape index (κ3) is 3.24. The van der Waals surface area contributed by atoms with Crippen molar-refractivity contribution in [2.45, 2.75) is 26.9 Å². The fraction of sp³-hybridized carbons (Fsp3) is 0.435. The summed E-state index contributed by atoms with van der Waals surface area (Å²) in [6.07, 6.45) is 0.927. The zero-order chi connectivity index (χ0) is 19.9. The summed E-state index contributed by atoms with van der Waals surface area (Å²) in [5.74, 6) is 0.651. The van der Waals surface area contributed by atoms with Crippen LogP contribution in [0.5, 0.6) is 11.5 Å². The number of carbonyl (C=O) groups excluding carboxylic acids is 1. The van der Waals surface area contributed by atoms with Gasteiger partial charge in [0.05, 0.1) is 6.61 Å². The standard InChI is InChI=1S/C23H27NO4/c1-22(2)13-23(15-25)14-24(11-20(22)23)21(27)17-8-18(26)10-19(9-17)28-12-16-6-4-3-5-7-16/h3-10,20,25-26H,11-15H2,1-2H3/t20-,23-/m1/s1. The summed E-state index contributed by atoms with van der Waals surface area (Å²) in [6, 6.07) is 14.4. The summed E-state index contributed by atoms with van der Waals surface area (Å²) in [4.78, 5) is 14.9. The van der Waals surface area contributed by atoms with Crippen LogP contribution in [0.15, 0.2) is 48.5 Å². The zero-order valence-electron chi connectivity index (χ0n) is 16.4. The summed E-state index contributed by atoms with van der Waals surface area (Å²) in [5, 5.41) is 20.0. The minimum Gasteiger partial charge on any atom is -0.508 e. The van der Waals surface area contributed by atoms with Gasteiger partial charge >= 0.3 is 0 Å². The molecule has 1 saturated carbocycles. The topological polar surface area (TPSA) is 70.0 Å². The predicted octanol–water partition coefficient (Wildman–Crippen LogP) is 3.45. The van der Waals surface area contributed by atoms with Crippen LogP contribution >= 0.6 is 0 Å². The number of hydrogen-bond donors (Lipinski definition) is 2. The summed E-state index contributed by atoms with van der Waals surface area (Å²) < 4.78 is 5.78. The Labute approximate surface area is 165 Å². The van der Waals surface area contributed by atoms with Crippen LogP contribution in [0.2, 0.25) is 0 Å². The number of fused-ring (bicyclic) bond motifs is 1. The molecule has 5 heteroatoms. The third-order valence-electron chi connectivity index (χ3n) is 6.39. The van der Waals surface area contributed by atoms with Gasteiger partial charge in [-0.15, -0.1) is 0 Å². The Morgan fingerprint density at radius 3 is 2.61 bits per heavy atom. The van der Waals surface area contributed by atoms with E-state index < -0.39 is 0 Å². The van der Waals surface area contributed by atoms with E-state index in [0.717, 1.165) is 12.0 Å². The molecular formula is C23H27NO4. The third-order valence-corrected chi connectivity index (χ3v) is 6.39. The molecule has 1 saturated heterocycles. The lowest BCUT2D eigenvalue weighted by atomic mass is 9.48. The Bertz CT molecular complexity index is 879. The number of rotatable bonds is 5. The number of aromatic hydroxyl groups is 1. The number of ether oxygens (including phenoxy) is 1. The van der Waals surface area contributed by atoms with Crippen molar-refractivity contribution >= 4 is 5.91 Å². The molecule has 28 heavy (non-hydrogen) atoms. The van der Waals surface area contributed by atoms with E-state index >= 15 is 0 Å². The highest BCUT2D eigenvalue weighted by Gasteiger charge is 2.63. The number of likely N-dealkylation sites (tertiary alicyclic amines) is 1. The summed E-state index contributed by atoms with van der Waals surface area (Å²) in [6.45, 7) is 6.07. The van der Waals surface area contributed by atoms with E-state index in [0.29, 0.717) is 36.9 Å². The predicted molar refractivity (Wildman–Crippen MR) is 106 cm³/mol. The fourth-order valence-electron chi connectivity index (χ4n) is 5.21. The summed E-state index contributed by atoms with van der Waals surface area (Å²) >= 11 is 0. The van der Waals surface area contributed by atoms with Gasteiger partial charge in [-0.05, 0) is 35.4 Å². The molecule has 0 aromatic heterocycles. The zero-order valence-corrected chi connectivity index (χ0v) is 16.4. The molecule has 1 aliphatic heterocycles. The molecule has 2 aromatic rings. The number of aliphatic hydroxyl groups is 1. The van der Waals surface area contributed by atoms with Crippen molar-refractivity contribution in [2.24, 2.45) is 16.7 Å². The van der Waals surface area contributed by atoms with Crippen molar-refractivity contribution in [3.05, 3.63) is 59.7 Å². The first-order valence-electron chi connectivity index (χ1n) is 9.74. The molecule has 1 amide bonds. The highest BCUT2D eigenvalue weighted by molar-refractivity contribution is 5.95. The first kappa shape index (κ1) is 18.8. The monoisotopic (exact) mass is 381 g/mol. The molecular weight excluding hydrogens is 354 g/mol. The summed E-state index contributed by atoms with van der Waals surface area (Å²) in [5.41, 5.74) is 1.39. The van der Waals surface area contributed by atoms with Crippen molar-refractivity contribution in [2.75, 3.05) is 19.7 Å². The maximum absolute atomic E-state index is 13.1. The Morgan fingerprint density at radius 2 is 1.96 bits per heavy atom. The molecule has 0 radical (unpaired) electrons. The molecule has 5 nitrogen and oxygen atoms in total. The van der Waals surface area contributed by atoms with Gasteiger partial charge in [-0.25, -0.2) is 0 Å². The van der Waals surface area contributed by atoms with E-state index in [2.05, 4.69) is 13.8 Å². The Kier molecular flexibility index (Phi) is 4.58. The van der Waals surface area contributed by atoms with Crippen LogP contribution in [-0.2, 0) is 6.61 Å². The molecule has 4 rings (SSSR count). The van der Waals surface area contributed by atoms with E-state index in [4.69, 9.17) is 4.74 Å². The molecule has 0 spiro atoms. The van der Waals surface area contributed by atoms with Gasteiger partial charge in [0.2, 0.25) is 0 Å². The maximum atomic E-state index is 13.1. The molecule has 1 heterocycles. The first-order chi connectivity index (χ1) is 13.3. The molecule has 2 fully saturated rings. The molecule has 0 bridgehead atoms. The van der Waals surface area contributed by atoms with Crippen molar-refractivity contribution < 1.29 is 19.7 Å². The van der Waals surface area contributed by atoms with Crippen LogP contribution < -0.4 is 4.74 Å². The van der Waals surface area contributed by atoms with Crippen molar-refractivity contribution in [1.29, 1.82) is 0 Å². The van der Waals surface area contributed by atoms with Crippen molar-refractivity contribution in [1.82, 2.24) is 4.90 Å². The average molecular weight is 381 g/mol. The van der Waals surface area contributed by atoms with Crippen molar-refractivity contribution in [3.63, 3.8) is 0 Å². The number of nitrogens with zero attached hydrogens (tertiary/aromatic N) is 1. The number of carbonyl (C=O) groups is 1. The maximum Gasteiger partial charge on any atom is 0.254 e. The highest BCUT2D eigenvalue weighted by atomic mass is 16.5. The number of aliphatic hydroxyl groups excluding tert-OH is 1. The van der Waals surface area contributed by atoms with E-state index in [1.807, 2.05) is 35.2 Å². The lowest BCUT2D eigenvalue weighted by Gasteiger charge is -2.55. The van der Waals surface area contributed by atoms with E-state index in [-0.39, 0.29) is 29.1 Å². The molecule has 148 valence electrons. The normalized spacial score (nSPS) is 25.1. The van der Waals surface area contributed by atoms with Gasteiger partial charge in [-0.1, -0.05) is 44.2 Å². The largest absolute Gasteiger partial charge is 0.508 e. The van der Waals surface area contributed by atoms with Gasteiger partial charge in [0.15, 0.2) is 0 Å². The second-order valence-corrected chi connectivity index (χ2v) is 8.91. The Balaban J connectivity index is 1.50. The second kappa shape index (κ2) is 6.82. The molecule has 1 aliphatic carbocycles. The molecule has 0 unspecified atom stereocenters. The van der Waals surface area contributed by atoms with E-state index in [9.17, 15) is 15.0 Å². The number of phenols is 1. The average Bonchev–Trinajstić information content (AvgIpc) is 3.01. The SMILES string of the molecule is CC1(C)C[C@]2(CO)CN(C(=O)c3cc(O)cc(OCc4ccccc4)c3)C[C@H]12. The van der Waals surface area contributed by atoms with Gasteiger partial charge in [-0.3, -0.25) is 4.79 Å². The number of hydrogen-bond acceptors (Lipinski definition) is 4. The van der Waals surface area contributed by atoms with E-state index in [1.165, 1.54) is 12.1 Å². The van der Waals surface area contributed by atoms with Crippen molar-refractivity contribution in [3.8, 4) is 11.5 Å². The van der Waals surface area contributed by atoms with Gasteiger partial charge in [0, 0.05) is 30.1 Å². The first-order valence-corrected chi connectivity index (χ1v) is 9.74. The van der Waals surface area contributed by atoms with Gasteiger partial charge in [0.25, 0.3) is 5.91 Å². The molecule has 2 aromatic carbocycles. The smallest absolute Gasteiger partial charge is 0.254 e. The molecule has 2 N–H and O–H groups in total. The lowest BCUT2D eigenvalue weighted by molar-refractivity contribution is -0.0976. The molecule has 2 aliphatic rings. The van der Waals surface area contributed by atoms with Crippen LogP contribution in [0.4, 0.5) is 0 Å². The second-order valence-electron chi connectivity index (χ2n) is 8.91. The lowest BCUT2D eigenvalue weighted by Crippen LogP contribution is -2.54. The van der Waals surface area contributed by atoms with Crippen LogP contribution in [0.1, 0.15) is 36.2 Å². The van der Waals surface area contributed by atoms with Crippen LogP contribution in [-0.4, -0.2) is 40.7 Å². The van der Waals surface area contributed by atoms with E-state index in [1.54, 1.807) is 6.07 Å². The van der Waals surface area contributed by atoms with Crippen LogP contribution in [0.25, 0.3) is 0 Å². The van der Waals surface area contributed by atoms with Gasteiger partial charge in [-0.2, -0.15) is 0 Å². The van der Waals surface area contributed by atoms with Crippen LogP contribution in [0.3, 0.4) is 0 Å². The quantitative estimate of drug-likeness (QED) is 0.832. The minimum absolute atomic E-state index is 0.00767. The van der Waals surface area contributed by atoms with Gasteiger partial charge in [0.1, 0.15) is 18.1 Å².